The molecule has 34 heavy (non-hydrogen) atoms. The lowest BCUT2D eigenvalue weighted by molar-refractivity contribution is -0.0479. The number of carbonyl (C=O) groups is 2. The van der Waals surface area contributed by atoms with Crippen molar-refractivity contribution in [2.45, 2.75) is 44.9 Å². The van der Waals surface area contributed by atoms with E-state index in [1.165, 1.54) is 32.4 Å². The number of aryl methyl sites for hydroxylation is 1. The van der Waals surface area contributed by atoms with Gasteiger partial charge in [-0.05, 0) is 43.9 Å². The van der Waals surface area contributed by atoms with Gasteiger partial charge in [-0.25, -0.2) is 14.2 Å². The first-order valence-corrected chi connectivity index (χ1v) is 10.4. The minimum atomic E-state index is -1.32. The summed E-state index contributed by atoms with van der Waals surface area (Å²) in [5.41, 5.74) is -1.60. The largest absolute Gasteiger partial charge is 0.501 e. The van der Waals surface area contributed by atoms with Crippen LogP contribution in [0.1, 0.15) is 53.2 Å². The Morgan fingerprint density at radius 3 is 2.62 bits per heavy atom. The summed E-state index contributed by atoms with van der Waals surface area (Å²) in [5.74, 6) is -2.36. The van der Waals surface area contributed by atoms with Crippen molar-refractivity contribution in [3.63, 3.8) is 0 Å². The van der Waals surface area contributed by atoms with Crippen LogP contribution in [0.4, 0.5) is 9.18 Å². The molecule has 0 spiro atoms. The molecule has 1 aromatic heterocycles. The third-order valence-corrected chi connectivity index (χ3v) is 5.66. The van der Waals surface area contributed by atoms with Gasteiger partial charge in [-0.3, -0.25) is 9.59 Å². The number of hydrogen-bond donors (Lipinski definition) is 5. The average Bonchev–Trinajstić information content (AvgIpc) is 2.81. The Labute approximate surface area is 195 Å². The minimum Gasteiger partial charge on any atom is -0.501 e. The number of carbonyl (C=O) groups excluding carboxylic acids is 1. The summed E-state index contributed by atoms with van der Waals surface area (Å²) in [7, 11) is 2.66. The van der Waals surface area contributed by atoms with Gasteiger partial charge in [-0.15, -0.1) is 0 Å². The molecule has 0 fully saturated rings. The number of aromatic hydroxyl groups is 1. The van der Waals surface area contributed by atoms with Crippen LogP contribution >= 0.6 is 0 Å². The molecule has 2 aromatic rings. The maximum atomic E-state index is 13.4. The van der Waals surface area contributed by atoms with E-state index in [4.69, 9.17) is 4.74 Å². The quantitative estimate of drug-likeness (QED) is 0.343. The van der Waals surface area contributed by atoms with Crippen LogP contribution in [-0.4, -0.2) is 68.6 Å². The van der Waals surface area contributed by atoms with Crippen molar-refractivity contribution < 1.29 is 34.0 Å². The second-order valence-corrected chi connectivity index (χ2v) is 8.17. The molecule has 12 heteroatoms. The SMILES string of the molecule is COC(C)(CO)CCC(c1nc(C(=O)NCc2ccc(F)c(C)c2)c(O)c(=O)[nH]1)N(C)C(=O)O. The zero-order chi connectivity index (χ0) is 25.6. The Kier molecular flexibility index (Phi) is 8.71. The highest BCUT2D eigenvalue weighted by molar-refractivity contribution is 5.94. The van der Waals surface area contributed by atoms with Crippen LogP contribution < -0.4 is 10.9 Å². The van der Waals surface area contributed by atoms with Gasteiger partial charge in [-0.2, -0.15) is 0 Å². The maximum Gasteiger partial charge on any atom is 0.407 e. The standard InChI is InChI=1S/C22H29FN4O7/c1-12-9-13(5-6-14(12)23)10-24-19(30)16-17(29)20(31)26-18(25-16)15(27(3)21(32)33)7-8-22(2,11-28)34-4/h5-6,9,15,28-29H,7-8,10-11H2,1-4H3,(H,24,30)(H,32,33)(H,25,26,31). The molecule has 0 aliphatic heterocycles. The fourth-order valence-electron chi connectivity index (χ4n) is 3.22. The topological polar surface area (TPSA) is 165 Å². The van der Waals surface area contributed by atoms with Gasteiger partial charge in [0, 0.05) is 20.7 Å². The number of ether oxygens (including phenoxy) is 1. The van der Waals surface area contributed by atoms with Crippen LogP contribution in [-0.2, 0) is 11.3 Å². The van der Waals surface area contributed by atoms with Crippen LogP contribution in [0.5, 0.6) is 5.75 Å². The summed E-state index contributed by atoms with van der Waals surface area (Å²) in [6.07, 6.45) is -1.04. The normalized spacial score (nSPS) is 13.7. The van der Waals surface area contributed by atoms with Crippen molar-refractivity contribution in [3.8, 4) is 5.75 Å². The molecular weight excluding hydrogens is 451 g/mol. The Balaban J connectivity index is 2.35. The Hall–Kier alpha value is -3.51. The number of carboxylic acid groups (broad SMARTS) is 1. The van der Waals surface area contributed by atoms with Crippen LogP contribution in [0.25, 0.3) is 0 Å². The summed E-state index contributed by atoms with van der Waals surface area (Å²) < 4.78 is 18.7. The van der Waals surface area contributed by atoms with Crippen LogP contribution in [0.2, 0.25) is 0 Å². The summed E-state index contributed by atoms with van der Waals surface area (Å²) in [6, 6.07) is 3.26. The van der Waals surface area contributed by atoms with E-state index in [0.29, 0.717) is 11.1 Å². The highest BCUT2D eigenvalue weighted by Gasteiger charge is 2.31. The fraction of sp³-hybridized carbons (Fsp3) is 0.455. The van der Waals surface area contributed by atoms with E-state index in [2.05, 4.69) is 15.3 Å². The smallest absolute Gasteiger partial charge is 0.407 e. The molecule has 186 valence electrons. The Morgan fingerprint density at radius 2 is 2.06 bits per heavy atom. The first-order valence-electron chi connectivity index (χ1n) is 10.4. The lowest BCUT2D eigenvalue weighted by Crippen LogP contribution is -2.37. The molecule has 1 heterocycles. The average molecular weight is 480 g/mol. The number of rotatable bonds is 10. The predicted molar refractivity (Wildman–Crippen MR) is 119 cm³/mol. The molecule has 0 bridgehead atoms. The number of aromatic amines is 1. The van der Waals surface area contributed by atoms with Crippen molar-refractivity contribution >= 4 is 12.0 Å². The summed E-state index contributed by atoms with van der Waals surface area (Å²) >= 11 is 0. The Bertz CT molecular complexity index is 1100. The number of halogens is 1. The molecule has 2 atom stereocenters. The number of nitrogens with one attached hydrogen (secondary N) is 2. The lowest BCUT2D eigenvalue weighted by atomic mass is 9.96. The molecule has 0 saturated heterocycles. The molecule has 5 N–H and O–H groups in total. The van der Waals surface area contributed by atoms with E-state index in [-0.39, 0.29) is 31.8 Å². The summed E-state index contributed by atoms with van der Waals surface area (Å²) in [6.45, 7) is 2.85. The third-order valence-electron chi connectivity index (χ3n) is 5.66. The zero-order valence-electron chi connectivity index (χ0n) is 19.4. The number of aliphatic hydroxyl groups is 1. The lowest BCUT2D eigenvalue weighted by Gasteiger charge is -2.30. The summed E-state index contributed by atoms with van der Waals surface area (Å²) in [5, 5.41) is 31.7. The van der Waals surface area contributed by atoms with Gasteiger partial charge in [0.05, 0.1) is 18.2 Å². The van der Waals surface area contributed by atoms with E-state index in [0.717, 1.165) is 4.90 Å². The molecule has 1 aromatic carbocycles. The van der Waals surface area contributed by atoms with Gasteiger partial charge in [0.2, 0.25) is 5.75 Å². The number of nitrogens with zero attached hydrogens (tertiary/aromatic N) is 2. The molecule has 2 amide bonds. The van der Waals surface area contributed by atoms with Crippen LogP contribution in [0, 0.1) is 12.7 Å². The van der Waals surface area contributed by atoms with Gasteiger partial charge >= 0.3 is 6.09 Å². The van der Waals surface area contributed by atoms with Crippen molar-refractivity contribution in [1.29, 1.82) is 0 Å². The van der Waals surface area contributed by atoms with Crippen LogP contribution in [0.15, 0.2) is 23.0 Å². The van der Waals surface area contributed by atoms with E-state index in [9.17, 15) is 34.1 Å². The first-order chi connectivity index (χ1) is 15.9. The number of aromatic nitrogens is 2. The summed E-state index contributed by atoms with van der Waals surface area (Å²) in [4.78, 5) is 43.9. The third kappa shape index (κ3) is 6.29. The number of benzene rings is 1. The number of amides is 2. The van der Waals surface area contributed by atoms with Gasteiger partial charge in [-0.1, -0.05) is 12.1 Å². The fourth-order valence-corrected chi connectivity index (χ4v) is 3.22. The van der Waals surface area contributed by atoms with Gasteiger partial charge in [0.15, 0.2) is 5.69 Å². The number of aliphatic hydroxyl groups excluding tert-OH is 1. The van der Waals surface area contributed by atoms with Gasteiger partial charge < -0.3 is 35.3 Å². The molecule has 0 saturated carbocycles. The molecule has 0 aliphatic carbocycles. The molecule has 0 aliphatic rings. The van der Waals surface area contributed by atoms with E-state index < -0.39 is 46.5 Å². The second kappa shape index (κ2) is 11.1. The Morgan fingerprint density at radius 1 is 1.38 bits per heavy atom. The maximum absolute atomic E-state index is 13.4. The van der Waals surface area contributed by atoms with E-state index >= 15 is 0 Å². The van der Waals surface area contributed by atoms with Crippen molar-refractivity contribution in [1.82, 2.24) is 20.2 Å². The monoisotopic (exact) mass is 480 g/mol. The molecule has 11 nitrogen and oxygen atoms in total. The second-order valence-electron chi connectivity index (χ2n) is 8.17. The minimum absolute atomic E-state index is 0.0235. The number of H-pyrrole nitrogens is 1. The highest BCUT2D eigenvalue weighted by Crippen LogP contribution is 2.27. The van der Waals surface area contributed by atoms with E-state index in [1.807, 2.05) is 0 Å². The molecular formula is C22H29FN4O7. The van der Waals surface area contributed by atoms with E-state index in [1.54, 1.807) is 13.8 Å². The zero-order valence-corrected chi connectivity index (χ0v) is 19.4. The first kappa shape index (κ1) is 26.7. The number of hydrogen-bond acceptors (Lipinski definition) is 7. The molecule has 2 rings (SSSR count). The van der Waals surface area contributed by atoms with Crippen molar-refractivity contribution in [3.05, 3.63) is 57.0 Å². The van der Waals surface area contributed by atoms with Crippen molar-refractivity contribution in [2.75, 3.05) is 20.8 Å². The number of methoxy groups -OCH3 is 1. The van der Waals surface area contributed by atoms with Gasteiger partial charge in [0.1, 0.15) is 11.6 Å². The highest BCUT2D eigenvalue weighted by atomic mass is 19.1. The molecule has 2 unspecified atom stereocenters. The van der Waals surface area contributed by atoms with Crippen molar-refractivity contribution in [2.24, 2.45) is 0 Å². The molecule has 0 radical (unpaired) electrons. The van der Waals surface area contributed by atoms with Gasteiger partial charge in [0.25, 0.3) is 11.5 Å². The van der Waals surface area contributed by atoms with Crippen LogP contribution in [0.3, 0.4) is 0 Å². The predicted octanol–water partition coefficient (Wildman–Crippen LogP) is 1.68.